The summed E-state index contributed by atoms with van der Waals surface area (Å²) in [6, 6.07) is 5.54. The van der Waals surface area contributed by atoms with E-state index in [0.29, 0.717) is 17.2 Å². The van der Waals surface area contributed by atoms with Gasteiger partial charge in [0.1, 0.15) is 0 Å². The lowest BCUT2D eigenvalue weighted by Crippen LogP contribution is -2.44. The van der Waals surface area contributed by atoms with Gasteiger partial charge in [0.25, 0.3) is 0 Å². The van der Waals surface area contributed by atoms with Crippen LogP contribution < -0.4 is 16.3 Å². The number of benzene rings is 1. The highest BCUT2D eigenvalue weighted by Gasteiger charge is 2.18. The Balaban J connectivity index is 1.58. The van der Waals surface area contributed by atoms with Crippen LogP contribution in [0.5, 0.6) is 0 Å². The summed E-state index contributed by atoms with van der Waals surface area (Å²) in [6.07, 6.45) is 8.71. The molecule has 1 aliphatic rings. The smallest absolute Gasteiger partial charge is 0.323 e. The van der Waals surface area contributed by atoms with Gasteiger partial charge in [0.15, 0.2) is 0 Å². The third kappa shape index (κ3) is 4.26. The molecule has 1 saturated carbocycles. The zero-order valence-electron chi connectivity index (χ0n) is 14.2. The number of nitrogens with one attached hydrogen (secondary N) is 4. The predicted molar refractivity (Wildman–Crippen MR) is 96.3 cm³/mol. The Morgan fingerprint density at radius 2 is 1.75 bits per heavy atom. The van der Waals surface area contributed by atoms with E-state index in [2.05, 4.69) is 20.6 Å². The molecular formula is C18H26N4O2. The van der Waals surface area contributed by atoms with Gasteiger partial charge in [0.2, 0.25) is 5.91 Å². The number of aromatic amines is 2. The van der Waals surface area contributed by atoms with Crippen molar-refractivity contribution >= 4 is 22.6 Å². The minimum Gasteiger partial charge on any atom is -0.325 e. The molecule has 2 aromatic rings. The molecule has 0 unspecified atom stereocenters. The van der Waals surface area contributed by atoms with Crippen LogP contribution in [0.2, 0.25) is 0 Å². The lowest BCUT2D eigenvalue weighted by molar-refractivity contribution is -0.118. The Hall–Kier alpha value is -2.08. The van der Waals surface area contributed by atoms with Gasteiger partial charge in [-0.2, -0.15) is 0 Å². The normalized spacial score (nSPS) is 18.0. The Bertz CT molecular complexity index is 741. The Kier molecular flexibility index (Phi) is 5.35. The fourth-order valence-electron chi connectivity index (χ4n) is 3.41. The van der Waals surface area contributed by atoms with E-state index in [1.54, 1.807) is 18.2 Å². The molecule has 1 atom stereocenters. The molecule has 1 amide bonds. The van der Waals surface area contributed by atoms with Crippen molar-refractivity contribution in [2.75, 3.05) is 5.32 Å². The monoisotopic (exact) mass is 330 g/mol. The van der Waals surface area contributed by atoms with Crippen LogP contribution >= 0.6 is 0 Å². The van der Waals surface area contributed by atoms with E-state index in [0.717, 1.165) is 18.4 Å². The molecule has 0 spiro atoms. The van der Waals surface area contributed by atoms with Crippen molar-refractivity contribution in [3.63, 3.8) is 0 Å². The van der Waals surface area contributed by atoms with E-state index in [1.165, 1.54) is 32.1 Å². The number of aromatic nitrogens is 2. The SMILES string of the molecule is C[C@H](NC1CCCCCCC1)C(=O)Nc1ccc2[nH]c(=O)[nH]c2c1. The molecule has 24 heavy (non-hydrogen) atoms. The number of imidazole rings is 1. The Morgan fingerprint density at radius 1 is 1.08 bits per heavy atom. The highest BCUT2D eigenvalue weighted by molar-refractivity contribution is 5.96. The van der Waals surface area contributed by atoms with Crippen molar-refractivity contribution in [1.29, 1.82) is 0 Å². The van der Waals surface area contributed by atoms with Gasteiger partial charge >= 0.3 is 5.69 Å². The highest BCUT2D eigenvalue weighted by Crippen LogP contribution is 2.18. The quantitative estimate of drug-likeness (QED) is 0.695. The van der Waals surface area contributed by atoms with Crippen LogP contribution in [0.15, 0.2) is 23.0 Å². The van der Waals surface area contributed by atoms with E-state index in [1.807, 2.05) is 6.92 Å². The molecular weight excluding hydrogens is 304 g/mol. The number of rotatable bonds is 4. The maximum atomic E-state index is 12.4. The standard InChI is InChI=1S/C18H26N4O2/c1-12(19-13-7-5-3-2-4-6-8-13)17(23)20-14-9-10-15-16(11-14)22-18(24)21-15/h9-13,19H,2-8H2,1H3,(H,20,23)(H2,21,22,24)/t12-/m0/s1. The molecule has 1 aromatic carbocycles. The summed E-state index contributed by atoms with van der Waals surface area (Å²) in [5, 5.41) is 6.40. The molecule has 0 saturated heterocycles. The third-order valence-corrected chi connectivity index (χ3v) is 4.77. The fraction of sp³-hybridized carbons (Fsp3) is 0.556. The summed E-state index contributed by atoms with van der Waals surface area (Å²) in [5.41, 5.74) is 1.87. The first-order valence-corrected chi connectivity index (χ1v) is 8.91. The molecule has 1 aromatic heterocycles. The number of fused-ring (bicyclic) bond motifs is 1. The highest BCUT2D eigenvalue weighted by atomic mass is 16.2. The molecule has 3 rings (SSSR count). The minimum absolute atomic E-state index is 0.0470. The molecule has 0 bridgehead atoms. The van der Waals surface area contributed by atoms with Gasteiger partial charge in [-0.3, -0.25) is 4.79 Å². The van der Waals surface area contributed by atoms with Crippen molar-refractivity contribution in [2.45, 2.75) is 64.0 Å². The lowest BCUT2D eigenvalue weighted by Gasteiger charge is -2.24. The van der Waals surface area contributed by atoms with E-state index >= 15 is 0 Å². The maximum absolute atomic E-state index is 12.4. The molecule has 1 heterocycles. The first-order valence-electron chi connectivity index (χ1n) is 8.91. The number of carbonyl (C=O) groups excluding carboxylic acids is 1. The molecule has 0 aliphatic heterocycles. The van der Waals surface area contributed by atoms with Crippen LogP contribution in [0.4, 0.5) is 5.69 Å². The zero-order valence-corrected chi connectivity index (χ0v) is 14.2. The molecule has 6 nitrogen and oxygen atoms in total. The van der Waals surface area contributed by atoms with Crippen LogP contribution in [0.3, 0.4) is 0 Å². The van der Waals surface area contributed by atoms with Gasteiger partial charge in [-0.25, -0.2) is 4.79 Å². The number of carbonyl (C=O) groups is 1. The first kappa shape index (κ1) is 16.8. The number of hydrogen-bond acceptors (Lipinski definition) is 3. The summed E-state index contributed by atoms with van der Waals surface area (Å²) in [4.78, 5) is 29.1. The Labute approximate surface area is 141 Å². The van der Waals surface area contributed by atoms with Crippen molar-refractivity contribution in [1.82, 2.24) is 15.3 Å². The fourth-order valence-corrected chi connectivity index (χ4v) is 3.41. The summed E-state index contributed by atoms with van der Waals surface area (Å²) in [7, 11) is 0. The minimum atomic E-state index is -0.243. The predicted octanol–water partition coefficient (Wildman–Crippen LogP) is 2.89. The zero-order chi connectivity index (χ0) is 16.9. The average molecular weight is 330 g/mol. The van der Waals surface area contributed by atoms with Gasteiger partial charge in [-0.05, 0) is 38.0 Å². The number of hydrogen-bond donors (Lipinski definition) is 4. The van der Waals surface area contributed by atoms with Crippen molar-refractivity contribution in [3.8, 4) is 0 Å². The topological polar surface area (TPSA) is 89.8 Å². The largest absolute Gasteiger partial charge is 0.325 e. The second kappa shape index (κ2) is 7.66. The van der Waals surface area contributed by atoms with Gasteiger partial charge < -0.3 is 20.6 Å². The van der Waals surface area contributed by atoms with Gasteiger partial charge in [0.05, 0.1) is 17.1 Å². The summed E-state index contributed by atoms with van der Waals surface area (Å²) < 4.78 is 0. The second-order valence-corrected chi connectivity index (χ2v) is 6.76. The second-order valence-electron chi connectivity index (χ2n) is 6.76. The summed E-state index contributed by atoms with van der Waals surface area (Å²) in [6.45, 7) is 1.91. The average Bonchev–Trinajstić information content (AvgIpc) is 2.89. The van der Waals surface area contributed by atoms with Crippen molar-refractivity contribution in [3.05, 3.63) is 28.7 Å². The van der Waals surface area contributed by atoms with Crippen LogP contribution in [-0.4, -0.2) is 28.0 Å². The van der Waals surface area contributed by atoms with E-state index in [-0.39, 0.29) is 17.6 Å². The maximum Gasteiger partial charge on any atom is 0.323 e. The molecule has 1 aliphatic carbocycles. The molecule has 130 valence electrons. The van der Waals surface area contributed by atoms with Gasteiger partial charge in [0, 0.05) is 11.7 Å². The van der Waals surface area contributed by atoms with Gasteiger partial charge in [-0.1, -0.05) is 32.1 Å². The van der Waals surface area contributed by atoms with Crippen molar-refractivity contribution < 1.29 is 4.79 Å². The van der Waals surface area contributed by atoms with E-state index < -0.39 is 0 Å². The Morgan fingerprint density at radius 3 is 2.50 bits per heavy atom. The van der Waals surface area contributed by atoms with E-state index in [4.69, 9.17) is 0 Å². The van der Waals surface area contributed by atoms with Crippen LogP contribution in [-0.2, 0) is 4.79 Å². The molecule has 0 radical (unpaired) electrons. The third-order valence-electron chi connectivity index (χ3n) is 4.77. The molecule has 6 heteroatoms. The number of anilines is 1. The number of H-pyrrole nitrogens is 2. The van der Waals surface area contributed by atoms with Gasteiger partial charge in [-0.15, -0.1) is 0 Å². The van der Waals surface area contributed by atoms with Crippen molar-refractivity contribution in [2.24, 2.45) is 0 Å². The van der Waals surface area contributed by atoms with Crippen LogP contribution in [0, 0.1) is 0 Å². The van der Waals surface area contributed by atoms with E-state index in [9.17, 15) is 9.59 Å². The van der Waals surface area contributed by atoms with Crippen LogP contribution in [0.1, 0.15) is 51.9 Å². The van der Waals surface area contributed by atoms with Crippen LogP contribution in [0.25, 0.3) is 11.0 Å². The molecule has 4 N–H and O–H groups in total. The summed E-state index contributed by atoms with van der Waals surface area (Å²) in [5.74, 6) is -0.0470. The first-order chi connectivity index (χ1) is 11.6. The molecule has 1 fully saturated rings. The number of amides is 1. The summed E-state index contributed by atoms with van der Waals surface area (Å²) >= 11 is 0. The lowest BCUT2D eigenvalue weighted by atomic mass is 9.96.